The number of amides is 1. The first kappa shape index (κ1) is 31.9. The van der Waals surface area contributed by atoms with Crippen LogP contribution in [0.25, 0.3) is 11.1 Å². The van der Waals surface area contributed by atoms with E-state index in [1.54, 1.807) is 44.7 Å². The lowest BCUT2D eigenvalue weighted by Gasteiger charge is -2.33. The first-order chi connectivity index (χ1) is 22.9. The van der Waals surface area contributed by atoms with Crippen LogP contribution >= 0.6 is 23.2 Å². The van der Waals surface area contributed by atoms with Gasteiger partial charge >= 0.3 is 0 Å². The number of carbonyl (C=O) groups is 2. The van der Waals surface area contributed by atoms with E-state index in [2.05, 4.69) is 5.32 Å². The van der Waals surface area contributed by atoms with Crippen LogP contribution in [0, 0.1) is 0 Å². The molecule has 5 aromatic carbocycles. The summed E-state index contributed by atoms with van der Waals surface area (Å²) < 4.78 is 11.0. The third kappa shape index (κ3) is 6.73. The standard InChI is InChI=1S/C40H31Cl2NO4/c1-46-32-20-12-26(13-21-32)35-34(39(44)29-10-18-31(42)19-11-29)24-43-40(45)38(25-6-4-3-5-7-25)37(28-14-22-33(47-2)23-15-28)36(35)27-8-16-30(41)17-9-27/h3-24,35,38H,1-2H3,(H,43,45). The minimum Gasteiger partial charge on any atom is -0.497 e. The summed E-state index contributed by atoms with van der Waals surface area (Å²) >= 11 is 12.6. The minimum atomic E-state index is -0.737. The highest BCUT2D eigenvalue weighted by atomic mass is 35.5. The molecule has 5 aromatic rings. The van der Waals surface area contributed by atoms with Gasteiger partial charge in [0.15, 0.2) is 5.78 Å². The number of allylic oxidation sites excluding steroid dienone is 2. The zero-order valence-electron chi connectivity index (χ0n) is 25.7. The molecule has 1 amide bonds. The van der Waals surface area contributed by atoms with Crippen molar-refractivity contribution >= 4 is 46.0 Å². The Morgan fingerprint density at radius 3 is 1.62 bits per heavy atom. The third-order valence-electron chi connectivity index (χ3n) is 8.32. The van der Waals surface area contributed by atoms with E-state index in [9.17, 15) is 9.59 Å². The Labute approximate surface area is 284 Å². The summed E-state index contributed by atoms with van der Waals surface area (Å²) in [5.41, 5.74) is 5.60. The fraction of sp³-hybridized carbons (Fsp3) is 0.100. The summed E-state index contributed by atoms with van der Waals surface area (Å²) in [7, 11) is 3.23. The van der Waals surface area contributed by atoms with Crippen LogP contribution in [0.15, 0.2) is 139 Å². The number of ketones is 1. The zero-order chi connectivity index (χ0) is 32.9. The van der Waals surface area contributed by atoms with E-state index in [0.29, 0.717) is 32.7 Å². The zero-order valence-corrected chi connectivity index (χ0v) is 27.3. The van der Waals surface area contributed by atoms with E-state index in [1.807, 2.05) is 103 Å². The van der Waals surface area contributed by atoms with Crippen LogP contribution < -0.4 is 14.8 Å². The molecular weight excluding hydrogens is 629 g/mol. The van der Waals surface area contributed by atoms with Gasteiger partial charge in [0, 0.05) is 33.3 Å². The maximum atomic E-state index is 14.6. The largest absolute Gasteiger partial charge is 0.497 e. The third-order valence-corrected chi connectivity index (χ3v) is 8.82. The number of hydrogen-bond acceptors (Lipinski definition) is 4. The van der Waals surface area contributed by atoms with Crippen molar-refractivity contribution in [3.8, 4) is 11.5 Å². The van der Waals surface area contributed by atoms with Crippen molar-refractivity contribution in [3.05, 3.63) is 177 Å². The highest BCUT2D eigenvalue weighted by molar-refractivity contribution is 6.31. The van der Waals surface area contributed by atoms with E-state index in [1.165, 1.54) is 0 Å². The molecule has 5 nitrogen and oxygen atoms in total. The van der Waals surface area contributed by atoms with Crippen molar-refractivity contribution in [3.63, 3.8) is 0 Å². The summed E-state index contributed by atoms with van der Waals surface area (Å²) in [6, 6.07) is 39.2. The quantitative estimate of drug-likeness (QED) is 0.169. The molecule has 47 heavy (non-hydrogen) atoms. The van der Waals surface area contributed by atoms with Crippen LogP contribution in [0.2, 0.25) is 10.0 Å². The van der Waals surface area contributed by atoms with Crippen LogP contribution in [-0.2, 0) is 4.79 Å². The number of rotatable bonds is 8. The second kappa shape index (κ2) is 14.1. The lowest BCUT2D eigenvalue weighted by atomic mass is 9.71. The average Bonchev–Trinajstić information content (AvgIpc) is 3.11. The Balaban J connectivity index is 1.74. The fourth-order valence-electron chi connectivity index (χ4n) is 6.03. The number of hydrogen-bond donors (Lipinski definition) is 1. The SMILES string of the molecule is COc1ccc(C2=C(c3ccc(Cl)cc3)C(c3ccc(OC)cc3)C(C(=O)c3ccc(Cl)cc3)=CNC(=O)C2c2ccccc2)cc1. The molecule has 7 heteroatoms. The Morgan fingerprint density at radius 2 is 1.06 bits per heavy atom. The maximum absolute atomic E-state index is 14.6. The van der Waals surface area contributed by atoms with E-state index >= 15 is 0 Å². The number of benzene rings is 5. The van der Waals surface area contributed by atoms with Gasteiger partial charge in [0.1, 0.15) is 11.5 Å². The summed E-state index contributed by atoms with van der Waals surface area (Å²) in [6.45, 7) is 0. The first-order valence-corrected chi connectivity index (χ1v) is 15.8. The van der Waals surface area contributed by atoms with Crippen molar-refractivity contribution in [1.82, 2.24) is 5.32 Å². The average molecular weight is 661 g/mol. The van der Waals surface area contributed by atoms with Crippen molar-refractivity contribution < 1.29 is 19.1 Å². The molecule has 6 rings (SSSR count). The second-order valence-electron chi connectivity index (χ2n) is 11.1. The van der Waals surface area contributed by atoms with Crippen LogP contribution in [0.3, 0.4) is 0 Å². The molecule has 1 aliphatic rings. The van der Waals surface area contributed by atoms with E-state index in [-0.39, 0.29) is 11.7 Å². The molecule has 1 heterocycles. The molecule has 2 unspecified atom stereocenters. The Morgan fingerprint density at radius 1 is 0.596 bits per heavy atom. The molecule has 0 saturated carbocycles. The van der Waals surface area contributed by atoms with Crippen molar-refractivity contribution in [2.45, 2.75) is 11.8 Å². The highest BCUT2D eigenvalue weighted by Crippen LogP contribution is 2.49. The number of halogens is 2. The molecule has 0 aromatic heterocycles. The highest BCUT2D eigenvalue weighted by Gasteiger charge is 2.37. The van der Waals surface area contributed by atoms with Gasteiger partial charge in [-0.15, -0.1) is 0 Å². The van der Waals surface area contributed by atoms with Gasteiger partial charge in [0.2, 0.25) is 5.91 Å². The van der Waals surface area contributed by atoms with Gasteiger partial charge < -0.3 is 14.8 Å². The Kier molecular flexibility index (Phi) is 9.58. The minimum absolute atomic E-state index is 0.249. The molecule has 0 saturated heterocycles. The number of ether oxygens (including phenoxy) is 2. The first-order valence-electron chi connectivity index (χ1n) is 15.0. The van der Waals surface area contributed by atoms with Gasteiger partial charge in [-0.2, -0.15) is 0 Å². The van der Waals surface area contributed by atoms with Crippen LogP contribution in [0.1, 0.15) is 44.4 Å². The van der Waals surface area contributed by atoms with E-state index in [4.69, 9.17) is 32.7 Å². The lowest BCUT2D eigenvalue weighted by Crippen LogP contribution is -2.31. The Hall–Kier alpha value is -5.10. The van der Waals surface area contributed by atoms with Gasteiger partial charge in [0.05, 0.1) is 20.1 Å². The molecule has 1 N–H and O–H groups in total. The smallest absolute Gasteiger partial charge is 0.235 e. The lowest BCUT2D eigenvalue weighted by molar-refractivity contribution is -0.120. The monoisotopic (exact) mass is 659 g/mol. The Bertz CT molecular complexity index is 1950. The van der Waals surface area contributed by atoms with E-state index < -0.39 is 11.8 Å². The van der Waals surface area contributed by atoms with Gasteiger partial charge in [-0.25, -0.2) is 0 Å². The topological polar surface area (TPSA) is 64.6 Å². The van der Waals surface area contributed by atoms with Crippen molar-refractivity contribution in [1.29, 1.82) is 0 Å². The van der Waals surface area contributed by atoms with Crippen LogP contribution in [-0.4, -0.2) is 25.9 Å². The number of Topliss-reactive ketones (excluding diaryl/α,β-unsaturated/α-hetero) is 1. The van der Waals surface area contributed by atoms with Gasteiger partial charge in [-0.05, 0) is 94.1 Å². The van der Waals surface area contributed by atoms with Crippen LogP contribution in [0.5, 0.6) is 11.5 Å². The molecule has 0 aliphatic carbocycles. The number of nitrogens with one attached hydrogen (secondary N) is 1. The van der Waals surface area contributed by atoms with Crippen molar-refractivity contribution in [2.24, 2.45) is 0 Å². The number of carbonyl (C=O) groups excluding carboxylic acids is 2. The van der Waals surface area contributed by atoms with Crippen molar-refractivity contribution in [2.75, 3.05) is 14.2 Å². The molecule has 0 fully saturated rings. The molecule has 2 atom stereocenters. The molecule has 1 aliphatic heterocycles. The predicted molar refractivity (Wildman–Crippen MR) is 188 cm³/mol. The molecule has 234 valence electrons. The summed E-state index contributed by atoms with van der Waals surface area (Å²) in [4.78, 5) is 29.0. The van der Waals surface area contributed by atoms with Crippen LogP contribution in [0.4, 0.5) is 0 Å². The second-order valence-corrected chi connectivity index (χ2v) is 11.9. The number of methoxy groups -OCH3 is 2. The molecular formula is C40H31Cl2NO4. The van der Waals surface area contributed by atoms with Gasteiger partial charge in [-0.1, -0.05) is 89.9 Å². The summed E-state index contributed by atoms with van der Waals surface area (Å²) in [5.74, 6) is -0.533. The molecule has 0 bridgehead atoms. The molecule has 0 spiro atoms. The van der Waals surface area contributed by atoms with E-state index in [0.717, 1.165) is 33.4 Å². The predicted octanol–water partition coefficient (Wildman–Crippen LogP) is 9.39. The fourth-order valence-corrected chi connectivity index (χ4v) is 6.28. The maximum Gasteiger partial charge on any atom is 0.235 e. The molecule has 0 radical (unpaired) electrons. The van der Waals surface area contributed by atoms with Gasteiger partial charge in [0.25, 0.3) is 0 Å². The summed E-state index contributed by atoms with van der Waals surface area (Å²) in [6.07, 6.45) is 1.56. The van der Waals surface area contributed by atoms with Gasteiger partial charge in [-0.3, -0.25) is 9.59 Å². The normalized spacial score (nSPS) is 16.4. The summed E-state index contributed by atoms with van der Waals surface area (Å²) in [5, 5.41) is 4.10.